The summed E-state index contributed by atoms with van der Waals surface area (Å²) in [5.74, 6) is 0.416. The van der Waals surface area contributed by atoms with Gasteiger partial charge in [-0.2, -0.15) is 0 Å². The minimum absolute atomic E-state index is 0.00375. The lowest BCUT2D eigenvalue weighted by molar-refractivity contribution is -0.138. The largest absolute Gasteiger partial charge is 0.381 e. The molecule has 0 atom stereocenters. The molecule has 1 aromatic carbocycles. The summed E-state index contributed by atoms with van der Waals surface area (Å²) >= 11 is 0. The molecule has 2 saturated heterocycles. The van der Waals surface area contributed by atoms with Gasteiger partial charge < -0.3 is 14.5 Å². The molecule has 0 aliphatic carbocycles. The number of ether oxygens (including phenoxy) is 1. The number of rotatable bonds is 4. The summed E-state index contributed by atoms with van der Waals surface area (Å²) in [6.07, 6.45) is 1.69. The van der Waals surface area contributed by atoms with Gasteiger partial charge in [-0.1, -0.05) is 32.9 Å². The van der Waals surface area contributed by atoms with E-state index < -0.39 is 0 Å². The van der Waals surface area contributed by atoms with Gasteiger partial charge >= 0.3 is 5.69 Å². The average Bonchev–Trinajstić information content (AvgIpc) is 3.12. The Morgan fingerprint density at radius 2 is 1.67 bits per heavy atom. The van der Waals surface area contributed by atoms with Gasteiger partial charge in [-0.25, -0.2) is 9.78 Å². The molecule has 2 fully saturated rings. The van der Waals surface area contributed by atoms with Crippen LogP contribution in [0.2, 0.25) is 0 Å². The van der Waals surface area contributed by atoms with E-state index in [1.807, 2.05) is 21.6 Å². The standard InChI is InChI=1S/C28H37N5O3/c1-28(2,3)19-33-24-10-9-23(29-25(24)30(4)27(33)35)20-5-7-22(8-6-20)31-13-15-32(16-14-31)26(34)21-11-17-36-18-12-21/h5-10,21H,11-19H2,1-4H3. The zero-order chi connectivity index (χ0) is 25.4. The van der Waals surface area contributed by atoms with Crippen LogP contribution < -0.4 is 10.6 Å². The number of aryl methyl sites for hydroxylation is 1. The zero-order valence-electron chi connectivity index (χ0n) is 21.9. The number of imidazole rings is 1. The summed E-state index contributed by atoms with van der Waals surface area (Å²) in [7, 11) is 1.79. The maximum Gasteiger partial charge on any atom is 0.330 e. The molecule has 2 aliphatic heterocycles. The van der Waals surface area contributed by atoms with E-state index in [1.165, 1.54) is 0 Å². The third-order valence-corrected chi connectivity index (χ3v) is 7.30. The quantitative estimate of drug-likeness (QED) is 0.558. The Balaban J connectivity index is 1.28. The summed E-state index contributed by atoms with van der Waals surface area (Å²) in [4.78, 5) is 34.9. The van der Waals surface area contributed by atoms with E-state index in [0.717, 1.165) is 61.5 Å². The fourth-order valence-electron chi connectivity index (χ4n) is 5.29. The second kappa shape index (κ2) is 9.73. The average molecular weight is 492 g/mol. The summed E-state index contributed by atoms with van der Waals surface area (Å²) in [5, 5.41) is 0. The highest BCUT2D eigenvalue weighted by molar-refractivity contribution is 5.79. The Kier molecular flexibility index (Phi) is 6.64. The molecule has 4 heterocycles. The number of piperazine rings is 1. The van der Waals surface area contributed by atoms with Gasteiger partial charge in [-0.3, -0.25) is 13.9 Å². The van der Waals surface area contributed by atoms with Gasteiger partial charge in [0, 0.05) is 70.2 Å². The first-order chi connectivity index (χ1) is 17.2. The maximum atomic E-state index is 12.8. The minimum atomic E-state index is -0.0330. The van der Waals surface area contributed by atoms with Crippen LogP contribution in [0.1, 0.15) is 33.6 Å². The number of benzene rings is 1. The second-order valence-corrected chi connectivity index (χ2v) is 11.3. The first-order valence-electron chi connectivity index (χ1n) is 13.0. The Bertz CT molecular complexity index is 1290. The summed E-state index contributed by atoms with van der Waals surface area (Å²) in [5.41, 5.74) is 4.56. The van der Waals surface area contributed by atoms with Crippen molar-refractivity contribution in [3.05, 3.63) is 46.9 Å². The van der Waals surface area contributed by atoms with Crippen LogP contribution in [0.4, 0.5) is 5.69 Å². The molecule has 0 unspecified atom stereocenters. The Morgan fingerprint density at radius 3 is 2.31 bits per heavy atom. The van der Waals surface area contributed by atoms with Gasteiger partial charge in [-0.05, 0) is 42.5 Å². The number of pyridine rings is 1. The van der Waals surface area contributed by atoms with E-state index >= 15 is 0 Å². The van der Waals surface area contributed by atoms with Crippen LogP contribution in [-0.2, 0) is 23.1 Å². The zero-order valence-corrected chi connectivity index (χ0v) is 21.9. The molecule has 2 aromatic heterocycles. The number of carbonyl (C=O) groups excluding carboxylic acids is 1. The van der Waals surface area contributed by atoms with Gasteiger partial charge in [-0.15, -0.1) is 0 Å². The summed E-state index contributed by atoms with van der Waals surface area (Å²) in [6.45, 7) is 11.6. The molecule has 0 saturated carbocycles. The number of fused-ring (bicyclic) bond motifs is 1. The minimum Gasteiger partial charge on any atom is -0.381 e. The van der Waals surface area contributed by atoms with Gasteiger partial charge in [0.15, 0.2) is 5.65 Å². The van der Waals surface area contributed by atoms with Gasteiger partial charge in [0.05, 0.1) is 11.2 Å². The third-order valence-electron chi connectivity index (χ3n) is 7.30. The number of amides is 1. The number of nitrogens with zero attached hydrogens (tertiary/aromatic N) is 5. The smallest absolute Gasteiger partial charge is 0.330 e. The lowest BCUT2D eigenvalue weighted by Crippen LogP contribution is -2.51. The van der Waals surface area contributed by atoms with Crippen molar-refractivity contribution in [3.8, 4) is 11.3 Å². The van der Waals surface area contributed by atoms with Crippen molar-refractivity contribution in [2.75, 3.05) is 44.3 Å². The van der Waals surface area contributed by atoms with E-state index in [1.54, 1.807) is 11.6 Å². The molecule has 0 N–H and O–H groups in total. The molecule has 36 heavy (non-hydrogen) atoms. The molecule has 0 radical (unpaired) electrons. The van der Waals surface area contributed by atoms with Crippen molar-refractivity contribution in [3.63, 3.8) is 0 Å². The van der Waals surface area contributed by atoms with E-state index in [-0.39, 0.29) is 17.0 Å². The molecular formula is C28H37N5O3. The number of carbonyl (C=O) groups is 1. The van der Waals surface area contributed by atoms with Gasteiger partial charge in [0.2, 0.25) is 5.91 Å². The van der Waals surface area contributed by atoms with Crippen LogP contribution in [0.25, 0.3) is 22.4 Å². The summed E-state index contributed by atoms with van der Waals surface area (Å²) < 4.78 is 8.86. The second-order valence-electron chi connectivity index (χ2n) is 11.3. The highest BCUT2D eigenvalue weighted by atomic mass is 16.5. The maximum absolute atomic E-state index is 12.8. The van der Waals surface area contributed by atoms with Crippen LogP contribution in [0.3, 0.4) is 0 Å². The van der Waals surface area contributed by atoms with Gasteiger partial charge in [0.1, 0.15) is 0 Å². The Morgan fingerprint density at radius 1 is 1.00 bits per heavy atom. The Hall–Kier alpha value is -3.13. The highest BCUT2D eigenvalue weighted by Crippen LogP contribution is 2.26. The van der Waals surface area contributed by atoms with E-state index in [0.29, 0.717) is 31.3 Å². The molecule has 5 rings (SSSR count). The van der Waals surface area contributed by atoms with Crippen LogP contribution in [0.5, 0.6) is 0 Å². The van der Waals surface area contributed by atoms with Crippen molar-refractivity contribution < 1.29 is 9.53 Å². The monoisotopic (exact) mass is 491 g/mol. The highest BCUT2D eigenvalue weighted by Gasteiger charge is 2.29. The molecule has 8 heteroatoms. The van der Waals surface area contributed by atoms with E-state index in [9.17, 15) is 9.59 Å². The SMILES string of the molecule is Cn1c(=O)n(CC(C)(C)C)c2ccc(-c3ccc(N4CCN(C(=O)C5CCOCC5)CC4)cc3)nc21. The van der Waals surface area contributed by atoms with Crippen molar-refractivity contribution >= 4 is 22.8 Å². The number of anilines is 1. The molecule has 8 nitrogen and oxygen atoms in total. The molecule has 0 bridgehead atoms. The first-order valence-corrected chi connectivity index (χ1v) is 13.0. The Labute approximate surface area is 212 Å². The number of hydrogen-bond acceptors (Lipinski definition) is 5. The summed E-state index contributed by atoms with van der Waals surface area (Å²) in [6, 6.07) is 12.4. The molecular weight excluding hydrogens is 454 g/mol. The normalized spacial score (nSPS) is 17.7. The van der Waals surface area contributed by atoms with Crippen molar-refractivity contribution in [1.29, 1.82) is 0 Å². The van der Waals surface area contributed by atoms with Crippen molar-refractivity contribution in [2.45, 2.75) is 40.2 Å². The number of aromatic nitrogens is 3. The lowest BCUT2D eigenvalue weighted by atomic mass is 9.97. The fourth-order valence-corrected chi connectivity index (χ4v) is 5.29. The molecule has 3 aromatic rings. The molecule has 1 amide bonds. The number of hydrogen-bond donors (Lipinski definition) is 0. The van der Waals surface area contributed by atoms with Crippen molar-refractivity contribution in [2.24, 2.45) is 18.4 Å². The van der Waals surface area contributed by atoms with Crippen molar-refractivity contribution in [1.82, 2.24) is 19.0 Å². The van der Waals surface area contributed by atoms with Crippen LogP contribution >= 0.6 is 0 Å². The van der Waals surface area contributed by atoms with Gasteiger partial charge in [0.25, 0.3) is 0 Å². The van der Waals surface area contributed by atoms with Crippen LogP contribution in [0, 0.1) is 11.3 Å². The third kappa shape index (κ3) is 4.91. The van der Waals surface area contributed by atoms with E-state index in [4.69, 9.17) is 9.72 Å². The molecule has 2 aliphatic rings. The van der Waals surface area contributed by atoms with Crippen LogP contribution in [-0.4, -0.2) is 64.3 Å². The molecule has 192 valence electrons. The first kappa shape index (κ1) is 24.6. The molecule has 0 spiro atoms. The van der Waals surface area contributed by atoms with E-state index in [2.05, 4.69) is 49.9 Å². The topological polar surface area (TPSA) is 72.6 Å². The fraction of sp³-hybridized carbons (Fsp3) is 0.536. The predicted molar refractivity (Wildman–Crippen MR) is 142 cm³/mol. The van der Waals surface area contributed by atoms with Crippen LogP contribution in [0.15, 0.2) is 41.2 Å². The predicted octanol–water partition coefficient (Wildman–Crippen LogP) is 3.52. The lowest BCUT2D eigenvalue weighted by Gasteiger charge is -2.38.